The Morgan fingerprint density at radius 1 is 0.931 bits per heavy atom. The van der Waals surface area contributed by atoms with E-state index < -0.39 is 10.0 Å². The second kappa shape index (κ2) is 8.26. The monoisotopic (exact) mass is 408 g/mol. The maximum Gasteiger partial charge on any atom is 0.238 e. The van der Waals surface area contributed by atoms with Crippen molar-refractivity contribution in [3.05, 3.63) is 83.9 Å². The number of hydrogen-bond acceptors (Lipinski definition) is 4. The van der Waals surface area contributed by atoms with Gasteiger partial charge in [-0.15, -0.1) is 0 Å². The van der Waals surface area contributed by atoms with Gasteiger partial charge in [0.2, 0.25) is 15.9 Å². The number of sulfonamides is 1. The fourth-order valence-corrected chi connectivity index (χ4v) is 3.64. The molecule has 0 bridgehead atoms. The van der Waals surface area contributed by atoms with Gasteiger partial charge in [0.1, 0.15) is 5.84 Å². The number of rotatable bonds is 6. The maximum absolute atomic E-state index is 12.3. The van der Waals surface area contributed by atoms with E-state index in [1.165, 1.54) is 6.07 Å². The molecule has 7 nitrogen and oxygen atoms in total. The molecule has 6 N–H and O–H groups in total. The molecule has 0 atom stereocenters. The van der Waals surface area contributed by atoms with E-state index >= 15 is 0 Å². The predicted molar refractivity (Wildman–Crippen MR) is 113 cm³/mol. The summed E-state index contributed by atoms with van der Waals surface area (Å²) in [6.07, 6.45) is 0.175. The van der Waals surface area contributed by atoms with Crippen LogP contribution >= 0.6 is 0 Å². The van der Waals surface area contributed by atoms with Gasteiger partial charge in [0.25, 0.3) is 0 Å². The van der Waals surface area contributed by atoms with Gasteiger partial charge in [0.15, 0.2) is 0 Å². The summed E-state index contributed by atoms with van der Waals surface area (Å²) in [4.78, 5) is 12.3. The van der Waals surface area contributed by atoms with Gasteiger partial charge in [0, 0.05) is 16.8 Å². The van der Waals surface area contributed by atoms with Crippen molar-refractivity contribution in [2.45, 2.75) is 11.3 Å². The standard InChI is InChI=1S/C21H20N4O3S/c22-21(23)16-7-5-14(6-8-16)13-20(26)25-17-11-9-15(10-12-17)18-3-1-2-4-19(18)29(24,27)28/h1-12H,13H2,(H3,22,23)(H,25,26)(H2,24,27,28). The SMILES string of the molecule is N=C(N)c1ccc(CC(=O)Nc2ccc(-c3ccccc3S(N)(=O)=O)cc2)cc1. The number of carbonyl (C=O) groups excluding carboxylic acids is 1. The Labute approximate surface area is 168 Å². The molecule has 0 radical (unpaired) electrons. The third kappa shape index (κ3) is 5.07. The largest absolute Gasteiger partial charge is 0.384 e. The molecule has 0 aliphatic heterocycles. The highest BCUT2D eigenvalue weighted by atomic mass is 32.2. The van der Waals surface area contributed by atoms with Crippen LogP contribution in [0.2, 0.25) is 0 Å². The molecule has 0 unspecified atom stereocenters. The Morgan fingerprint density at radius 3 is 2.14 bits per heavy atom. The molecule has 8 heteroatoms. The molecule has 1 amide bonds. The molecule has 3 rings (SSSR count). The zero-order valence-electron chi connectivity index (χ0n) is 15.4. The summed E-state index contributed by atoms with van der Waals surface area (Å²) in [7, 11) is -3.84. The number of primary sulfonamides is 1. The van der Waals surface area contributed by atoms with E-state index in [1.807, 2.05) is 0 Å². The minimum atomic E-state index is -3.84. The van der Waals surface area contributed by atoms with Crippen LogP contribution in [0, 0.1) is 5.41 Å². The smallest absolute Gasteiger partial charge is 0.238 e. The van der Waals surface area contributed by atoms with E-state index in [0.717, 1.165) is 5.56 Å². The van der Waals surface area contributed by atoms with Gasteiger partial charge >= 0.3 is 0 Å². The highest BCUT2D eigenvalue weighted by Crippen LogP contribution is 2.27. The Kier molecular flexibility index (Phi) is 5.76. The second-order valence-corrected chi connectivity index (χ2v) is 7.98. The molecule has 3 aromatic carbocycles. The van der Waals surface area contributed by atoms with Crippen LogP contribution in [-0.2, 0) is 21.2 Å². The Morgan fingerprint density at radius 2 is 1.55 bits per heavy atom. The lowest BCUT2D eigenvalue weighted by molar-refractivity contribution is -0.115. The number of benzene rings is 3. The normalized spacial score (nSPS) is 11.1. The topological polar surface area (TPSA) is 139 Å². The number of nitrogens with one attached hydrogen (secondary N) is 2. The van der Waals surface area contributed by atoms with Crippen molar-refractivity contribution in [2.24, 2.45) is 10.9 Å². The van der Waals surface area contributed by atoms with Gasteiger partial charge in [-0.05, 0) is 29.3 Å². The molecular weight excluding hydrogens is 388 g/mol. The molecule has 0 saturated carbocycles. The third-order valence-corrected chi connectivity index (χ3v) is 5.27. The molecule has 0 aliphatic carbocycles. The van der Waals surface area contributed by atoms with Gasteiger partial charge in [-0.2, -0.15) is 0 Å². The number of amidine groups is 1. The van der Waals surface area contributed by atoms with Crippen molar-refractivity contribution in [1.29, 1.82) is 5.41 Å². The first-order chi connectivity index (χ1) is 13.7. The van der Waals surface area contributed by atoms with Crippen LogP contribution in [0.15, 0.2) is 77.7 Å². The maximum atomic E-state index is 12.3. The number of hydrogen-bond donors (Lipinski definition) is 4. The molecule has 0 saturated heterocycles. The minimum Gasteiger partial charge on any atom is -0.384 e. The number of amides is 1. The van der Waals surface area contributed by atoms with E-state index in [4.69, 9.17) is 16.3 Å². The fraction of sp³-hybridized carbons (Fsp3) is 0.0476. The van der Waals surface area contributed by atoms with Crippen molar-refractivity contribution in [3.63, 3.8) is 0 Å². The summed E-state index contributed by atoms with van der Waals surface area (Å²) < 4.78 is 23.5. The van der Waals surface area contributed by atoms with Gasteiger partial charge in [-0.25, -0.2) is 13.6 Å². The van der Waals surface area contributed by atoms with Gasteiger partial charge in [0.05, 0.1) is 11.3 Å². The molecule has 0 aliphatic rings. The summed E-state index contributed by atoms with van der Waals surface area (Å²) >= 11 is 0. The molecular formula is C21H20N4O3S. The van der Waals surface area contributed by atoms with E-state index in [9.17, 15) is 13.2 Å². The molecule has 0 spiro atoms. The fourth-order valence-electron chi connectivity index (χ4n) is 2.88. The summed E-state index contributed by atoms with van der Waals surface area (Å²) in [6, 6.07) is 20.2. The summed E-state index contributed by atoms with van der Waals surface area (Å²) in [6.45, 7) is 0. The van der Waals surface area contributed by atoms with E-state index in [2.05, 4.69) is 5.32 Å². The van der Waals surface area contributed by atoms with E-state index in [0.29, 0.717) is 22.4 Å². The van der Waals surface area contributed by atoms with Crippen molar-refractivity contribution in [3.8, 4) is 11.1 Å². The van der Waals surface area contributed by atoms with Gasteiger partial charge < -0.3 is 11.1 Å². The van der Waals surface area contributed by atoms with Gasteiger partial charge in [-0.1, -0.05) is 54.6 Å². The summed E-state index contributed by atoms with van der Waals surface area (Å²) in [5, 5.41) is 15.5. The van der Waals surface area contributed by atoms with Crippen molar-refractivity contribution >= 4 is 27.5 Å². The molecule has 0 heterocycles. The van der Waals surface area contributed by atoms with Crippen LogP contribution in [0.25, 0.3) is 11.1 Å². The number of nitrogen functional groups attached to an aromatic ring is 1. The first-order valence-corrected chi connectivity index (χ1v) is 10.2. The molecule has 29 heavy (non-hydrogen) atoms. The van der Waals surface area contributed by atoms with Crippen LogP contribution in [0.1, 0.15) is 11.1 Å². The van der Waals surface area contributed by atoms with Crippen LogP contribution in [-0.4, -0.2) is 20.2 Å². The first-order valence-electron chi connectivity index (χ1n) is 8.69. The highest BCUT2D eigenvalue weighted by molar-refractivity contribution is 7.89. The zero-order chi connectivity index (χ0) is 21.0. The first kappa shape index (κ1) is 20.2. The predicted octanol–water partition coefficient (Wildman–Crippen LogP) is 2.47. The van der Waals surface area contributed by atoms with Crippen molar-refractivity contribution in [1.82, 2.24) is 0 Å². The quantitative estimate of drug-likeness (QED) is 0.367. The van der Waals surface area contributed by atoms with Crippen LogP contribution in [0.3, 0.4) is 0 Å². The molecule has 0 fully saturated rings. The van der Waals surface area contributed by atoms with Crippen LogP contribution < -0.4 is 16.2 Å². The molecule has 148 valence electrons. The van der Waals surface area contributed by atoms with Gasteiger partial charge in [-0.3, -0.25) is 10.2 Å². The molecule has 3 aromatic rings. The minimum absolute atomic E-state index is 0.0231. The Balaban J connectivity index is 1.71. The lowest BCUT2D eigenvalue weighted by atomic mass is 10.1. The lowest BCUT2D eigenvalue weighted by Crippen LogP contribution is -2.15. The third-order valence-electron chi connectivity index (χ3n) is 4.30. The summed E-state index contributed by atoms with van der Waals surface area (Å²) in [5.74, 6) is -0.219. The van der Waals surface area contributed by atoms with Crippen LogP contribution in [0.5, 0.6) is 0 Å². The van der Waals surface area contributed by atoms with Crippen molar-refractivity contribution < 1.29 is 13.2 Å². The summed E-state index contributed by atoms with van der Waals surface area (Å²) in [5.41, 5.74) is 8.58. The Hall–Kier alpha value is -3.49. The Bertz CT molecular complexity index is 1160. The van der Waals surface area contributed by atoms with Crippen LogP contribution in [0.4, 0.5) is 5.69 Å². The molecule has 0 aromatic heterocycles. The highest BCUT2D eigenvalue weighted by Gasteiger charge is 2.14. The lowest BCUT2D eigenvalue weighted by Gasteiger charge is -2.10. The zero-order valence-corrected chi connectivity index (χ0v) is 16.2. The number of anilines is 1. The van der Waals surface area contributed by atoms with E-state index in [-0.39, 0.29) is 23.1 Å². The average Bonchev–Trinajstić information content (AvgIpc) is 2.68. The average molecular weight is 408 g/mol. The number of nitrogens with two attached hydrogens (primary N) is 2. The van der Waals surface area contributed by atoms with Crippen molar-refractivity contribution in [2.75, 3.05) is 5.32 Å². The van der Waals surface area contributed by atoms with E-state index in [1.54, 1.807) is 66.7 Å². The second-order valence-electron chi connectivity index (χ2n) is 6.45. The number of carbonyl (C=O) groups is 1.